The Labute approximate surface area is 202 Å². The van der Waals surface area contributed by atoms with E-state index in [4.69, 9.17) is 4.74 Å². The van der Waals surface area contributed by atoms with Crippen molar-refractivity contribution in [1.29, 1.82) is 0 Å². The summed E-state index contributed by atoms with van der Waals surface area (Å²) in [6, 6.07) is 20.7. The number of para-hydroxylation sites is 2. The summed E-state index contributed by atoms with van der Waals surface area (Å²) in [6.45, 7) is 4.08. The third kappa shape index (κ3) is 5.58. The zero-order valence-corrected chi connectivity index (χ0v) is 20.1. The van der Waals surface area contributed by atoms with Gasteiger partial charge in [-0.1, -0.05) is 41.6 Å². The second-order valence-corrected chi connectivity index (χ2v) is 8.84. The third-order valence-electron chi connectivity index (χ3n) is 5.28. The second-order valence-electron chi connectivity index (χ2n) is 7.90. The van der Waals surface area contributed by atoms with Gasteiger partial charge in [-0.15, -0.1) is 0 Å². The highest BCUT2D eigenvalue weighted by molar-refractivity contribution is 7.99. The molecule has 0 bridgehead atoms. The van der Waals surface area contributed by atoms with Crippen molar-refractivity contribution >= 4 is 46.0 Å². The summed E-state index contributed by atoms with van der Waals surface area (Å²) in [5, 5.41) is 6.47. The highest BCUT2D eigenvalue weighted by Crippen LogP contribution is 2.25. The number of benzene rings is 3. The predicted octanol–water partition coefficient (Wildman–Crippen LogP) is 5.03. The average molecular weight is 475 g/mol. The second kappa shape index (κ2) is 10.4. The van der Waals surface area contributed by atoms with E-state index >= 15 is 0 Å². The molecule has 4 aromatic rings. The van der Waals surface area contributed by atoms with E-state index in [1.54, 1.807) is 31.4 Å². The van der Waals surface area contributed by atoms with Crippen molar-refractivity contribution in [1.82, 2.24) is 9.55 Å². The molecule has 0 saturated heterocycles. The number of nitrogens with zero attached hydrogens (tertiary/aromatic N) is 2. The molecule has 1 aromatic heterocycles. The summed E-state index contributed by atoms with van der Waals surface area (Å²) in [5.74, 6) is 0.571. The van der Waals surface area contributed by atoms with Gasteiger partial charge in [0.1, 0.15) is 12.3 Å². The number of amides is 2. The van der Waals surface area contributed by atoms with Crippen molar-refractivity contribution in [2.45, 2.75) is 25.5 Å². The molecule has 0 aliphatic heterocycles. The molecule has 174 valence electrons. The number of aromatic nitrogens is 2. The van der Waals surface area contributed by atoms with Crippen molar-refractivity contribution in [2.24, 2.45) is 0 Å². The molecule has 0 atom stereocenters. The van der Waals surface area contributed by atoms with Gasteiger partial charge in [0.15, 0.2) is 5.16 Å². The normalized spacial score (nSPS) is 10.8. The van der Waals surface area contributed by atoms with E-state index in [2.05, 4.69) is 15.6 Å². The Kier molecular flexibility index (Phi) is 7.18. The van der Waals surface area contributed by atoms with Crippen LogP contribution >= 0.6 is 11.8 Å². The number of ether oxygens (including phenoxy) is 1. The average Bonchev–Trinajstić information content (AvgIpc) is 3.17. The quantitative estimate of drug-likeness (QED) is 0.350. The van der Waals surface area contributed by atoms with Crippen LogP contribution in [-0.2, 0) is 16.1 Å². The first-order chi connectivity index (χ1) is 16.4. The van der Waals surface area contributed by atoms with E-state index in [1.807, 2.05) is 60.9 Å². The lowest BCUT2D eigenvalue weighted by atomic mass is 10.1. The lowest BCUT2D eigenvalue weighted by Gasteiger charge is -2.12. The zero-order chi connectivity index (χ0) is 24.1. The number of anilines is 2. The van der Waals surface area contributed by atoms with Crippen molar-refractivity contribution in [3.8, 4) is 5.75 Å². The summed E-state index contributed by atoms with van der Waals surface area (Å²) in [7, 11) is 1.60. The van der Waals surface area contributed by atoms with Crippen LogP contribution < -0.4 is 15.4 Å². The minimum atomic E-state index is -0.159. The molecule has 0 fully saturated rings. The maximum Gasteiger partial charge on any atom is 0.244 e. The largest absolute Gasteiger partial charge is 0.497 e. The van der Waals surface area contributed by atoms with Crippen LogP contribution in [0.5, 0.6) is 5.75 Å². The van der Waals surface area contributed by atoms with Crippen LogP contribution in [0.15, 0.2) is 71.9 Å². The Morgan fingerprint density at radius 1 is 0.971 bits per heavy atom. The Morgan fingerprint density at radius 3 is 2.47 bits per heavy atom. The van der Waals surface area contributed by atoms with Gasteiger partial charge in [-0.3, -0.25) is 9.59 Å². The van der Waals surface area contributed by atoms with Crippen molar-refractivity contribution in [2.75, 3.05) is 23.5 Å². The first-order valence-corrected chi connectivity index (χ1v) is 11.8. The number of rotatable bonds is 8. The summed E-state index contributed by atoms with van der Waals surface area (Å²) in [4.78, 5) is 30.1. The fourth-order valence-corrected chi connectivity index (χ4v) is 4.42. The van der Waals surface area contributed by atoms with E-state index in [0.717, 1.165) is 33.6 Å². The summed E-state index contributed by atoms with van der Waals surface area (Å²) >= 11 is 1.30. The molecule has 0 aliphatic rings. The molecule has 2 amide bonds. The monoisotopic (exact) mass is 474 g/mol. The number of fused-ring (bicyclic) bond motifs is 1. The first kappa shape index (κ1) is 23.4. The summed E-state index contributed by atoms with van der Waals surface area (Å²) in [5.41, 5.74) is 5.24. The number of hydrogen-bond donors (Lipinski definition) is 2. The van der Waals surface area contributed by atoms with Crippen LogP contribution in [0, 0.1) is 13.8 Å². The Bertz CT molecular complexity index is 1330. The number of methoxy groups -OCH3 is 1. The van der Waals surface area contributed by atoms with E-state index in [1.165, 1.54) is 11.8 Å². The number of carbonyl (C=O) groups excluding carboxylic acids is 2. The molecule has 8 heteroatoms. The van der Waals surface area contributed by atoms with Gasteiger partial charge in [-0.2, -0.15) is 0 Å². The summed E-state index contributed by atoms with van der Waals surface area (Å²) in [6.07, 6.45) is 0. The molecule has 4 rings (SSSR count). The van der Waals surface area contributed by atoms with E-state index in [-0.39, 0.29) is 24.1 Å². The van der Waals surface area contributed by atoms with Gasteiger partial charge in [0.25, 0.3) is 0 Å². The standard InChI is InChI=1S/C26H26N4O3S/c1-17-8-13-21(18(2)14-17)28-24(31)15-30-23-7-5-4-6-22(23)29-26(30)34-16-25(32)27-19-9-11-20(33-3)12-10-19/h4-14H,15-16H2,1-3H3,(H,27,32)(H,28,31). The Balaban J connectivity index is 1.47. The van der Waals surface area contributed by atoms with Crippen LogP contribution in [0.25, 0.3) is 11.0 Å². The lowest BCUT2D eigenvalue weighted by Crippen LogP contribution is -2.20. The number of nitrogens with one attached hydrogen (secondary N) is 2. The molecular formula is C26H26N4O3S. The van der Waals surface area contributed by atoms with Crippen molar-refractivity contribution < 1.29 is 14.3 Å². The highest BCUT2D eigenvalue weighted by Gasteiger charge is 2.16. The van der Waals surface area contributed by atoms with Gasteiger partial charge in [0, 0.05) is 11.4 Å². The fourth-order valence-electron chi connectivity index (χ4n) is 3.61. The third-order valence-corrected chi connectivity index (χ3v) is 6.26. The number of hydrogen-bond acceptors (Lipinski definition) is 5. The molecule has 0 saturated carbocycles. The lowest BCUT2D eigenvalue weighted by molar-refractivity contribution is -0.117. The van der Waals surface area contributed by atoms with Crippen LogP contribution in [0.3, 0.4) is 0 Å². The molecule has 0 unspecified atom stereocenters. The Hall–Kier alpha value is -3.78. The van der Waals surface area contributed by atoms with Crippen LogP contribution in [-0.4, -0.2) is 34.2 Å². The predicted molar refractivity (Wildman–Crippen MR) is 137 cm³/mol. The number of carbonyl (C=O) groups is 2. The van der Waals surface area contributed by atoms with Crippen LogP contribution in [0.2, 0.25) is 0 Å². The number of imidazole rings is 1. The van der Waals surface area contributed by atoms with Gasteiger partial charge in [0.05, 0.1) is 23.9 Å². The molecule has 1 heterocycles. The summed E-state index contributed by atoms with van der Waals surface area (Å²) < 4.78 is 6.99. The number of thioether (sulfide) groups is 1. The highest BCUT2D eigenvalue weighted by atomic mass is 32.2. The van der Waals surface area contributed by atoms with Gasteiger partial charge >= 0.3 is 0 Å². The number of aryl methyl sites for hydroxylation is 2. The smallest absolute Gasteiger partial charge is 0.244 e. The van der Waals surface area contributed by atoms with Gasteiger partial charge < -0.3 is 19.9 Å². The van der Waals surface area contributed by atoms with Crippen molar-refractivity contribution in [3.63, 3.8) is 0 Å². The molecule has 0 spiro atoms. The van der Waals surface area contributed by atoms with E-state index in [9.17, 15) is 9.59 Å². The van der Waals surface area contributed by atoms with E-state index < -0.39 is 0 Å². The van der Waals surface area contributed by atoms with E-state index in [0.29, 0.717) is 10.8 Å². The fraction of sp³-hybridized carbons (Fsp3) is 0.192. The molecule has 0 radical (unpaired) electrons. The molecule has 34 heavy (non-hydrogen) atoms. The van der Waals surface area contributed by atoms with Crippen LogP contribution in [0.1, 0.15) is 11.1 Å². The molecule has 0 aliphatic carbocycles. The Morgan fingerprint density at radius 2 is 1.74 bits per heavy atom. The topological polar surface area (TPSA) is 85.2 Å². The minimum absolute atomic E-state index is 0.0935. The van der Waals surface area contributed by atoms with Gasteiger partial charge in [-0.05, 0) is 61.9 Å². The SMILES string of the molecule is COc1ccc(NC(=O)CSc2nc3ccccc3n2CC(=O)Nc2ccc(C)cc2C)cc1. The van der Waals surface area contributed by atoms with Crippen LogP contribution in [0.4, 0.5) is 11.4 Å². The molecule has 3 aromatic carbocycles. The molecule has 7 nitrogen and oxygen atoms in total. The van der Waals surface area contributed by atoms with Gasteiger partial charge in [0.2, 0.25) is 11.8 Å². The maximum absolute atomic E-state index is 12.9. The first-order valence-electron chi connectivity index (χ1n) is 10.8. The minimum Gasteiger partial charge on any atom is -0.497 e. The maximum atomic E-state index is 12.9. The van der Waals surface area contributed by atoms with Crippen molar-refractivity contribution in [3.05, 3.63) is 77.9 Å². The van der Waals surface area contributed by atoms with Gasteiger partial charge in [-0.25, -0.2) is 4.98 Å². The zero-order valence-electron chi connectivity index (χ0n) is 19.3. The molecule has 2 N–H and O–H groups in total. The molecular weight excluding hydrogens is 448 g/mol.